The monoisotopic (exact) mass is 512 g/mol. The standard InChI is InChI=1S/C22H19Cl2FN2O5S/c1-31-20-10-8-15(12-21(20)32-2)33(29,30)27(14-7-9-18(25)17(24)11-14)13-22(28)26-19-6-4-3-5-16(19)23/h3-12H,13H2,1-2H3,(H,26,28). The predicted octanol–water partition coefficient (Wildman–Crippen LogP) is 4.98. The summed E-state index contributed by atoms with van der Waals surface area (Å²) in [5.74, 6) is -0.905. The fourth-order valence-corrected chi connectivity index (χ4v) is 4.73. The number of para-hydroxylation sites is 1. The highest BCUT2D eigenvalue weighted by atomic mass is 35.5. The first-order valence-electron chi connectivity index (χ1n) is 9.41. The van der Waals surface area contributed by atoms with Crippen LogP contribution in [0.5, 0.6) is 11.5 Å². The number of nitrogens with one attached hydrogen (secondary N) is 1. The molecule has 0 unspecified atom stereocenters. The molecular formula is C22H19Cl2FN2O5S. The molecule has 7 nitrogen and oxygen atoms in total. The number of carbonyl (C=O) groups excluding carboxylic acids is 1. The van der Waals surface area contributed by atoms with Gasteiger partial charge < -0.3 is 14.8 Å². The van der Waals surface area contributed by atoms with Crippen molar-refractivity contribution in [2.24, 2.45) is 0 Å². The van der Waals surface area contributed by atoms with E-state index in [0.717, 1.165) is 16.4 Å². The molecular weight excluding hydrogens is 494 g/mol. The molecule has 0 aliphatic heterocycles. The summed E-state index contributed by atoms with van der Waals surface area (Å²) >= 11 is 12.0. The van der Waals surface area contributed by atoms with Crippen molar-refractivity contribution in [2.45, 2.75) is 4.90 Å². The highest BCUT2D eigenvalue weighted by molar-refractivity contribution is 7.92. The van der Waals surface area contributed by atoms with Crippen LogP contribution in [0.4, 0.5) is 15.8 Å². The molecule has 3 aromatic carbocycles. The summed E-state index contributed by atoms with van der Waals surface area (Å²) in [5, 5.41) is 2.55. The second-order valence-corrected chi connectivity index (χ2v) is 9.33. The Labute approximate surface area is 200 Å². The summed E-state index contributed by atoms with van der Waals surface area (Å²) in [6, 6.07) is 13.8. The van der Waals surface area contributed by atoms with E-state index in [1.165, 1.54) is 38.5 Å². The van der Waals surface area contributed by atoms with Gasteiger partial charge in [-0.1, -0.05) is 35.3 Å². The molecule has 0 fully saturated rings. The molecule has 0 aliphatic rings. The van der Waals surface area contributed by atoms with E-state index < -0.39 is 28.3 Å². The van der Waals surface area contributed by atoms with E-state index in [9.17, 15) is 17.6 Å². The predicted molar refractivity (Wildman–Crippen MR) is 126 cm³/mol. The minimum atomic E-state index is -4.32. The molecule has 0 spiro atoms. The molecule has 0 heterocycles. The topological polar surface area (TPSA) is 84.9 Å². The summed E-state index contributed by atoms with van der Waals surface area (Å²) in [6.07, 6.45) is 0. The van der Waals surface area contributed by atoms with Crippen molar-refractivity contribution >= 4 is 50.5 Å². The SMILES string of the molecule is COc1ccc(S(=O)(=O)N(CC(=O)Nc2ccccc2Cl)c2ccc(F)c(Cl)c2)cc1OC. The van der Waals surface area contributed by atoms with E-state index in [1.807, 2.05) is 0 Å². The van der Waals surface area contributed by atoms with Crippen molar-refractivity contribution in [3.05, 3.63) is 76.5 Å². The zero-order valence-corrected chi connectivity index (χ0v) is 19.8. The minimum absolute atomic E-state index is 0.00880. The van der Waals surface area contributed by atoms with Crippen LogP contribution in [0.2, 0.25) is 10.0 Å². The first-order chi connectivity index (χ1) is 15.7. The van der Waals surface area contributed by atoms with Gasteiger partial charge in [0.05, 0.1) is 40.5 Å². The van der Waals surface area contributed by atoms with Crippen molar-refractivity contribution in [2.75, 3.05) is 30.4 Å². The molecule has 0 atom stereocenters. The van der Waals surface area contributed by atoms with E-state index in [-0.39, 0.29) is 26.4 Å². The normalized spacial score (nSPS) is 11.1. The maximum Gasteiger partial charge on any atom is 0.264 e. The van der Waals surface area contributed by atoms with Crippen molar-refractivity contribution in [3.63, 3.8) is 0 Å². The fraction of sp³-hybridized carbons (Fsp3) is 0.136. The Morgan fingerprint density at radius 1 is 0.970 bits per heavy atom. The van der Waals surface area contributed by atoms with E-state index in [0.29, 0.717) is 11.4 Å². The summed E-state index contributed by atoms with van der Waals surface area (Å²) in [6.45, 7) is -0.635. The Hall–Kier alpha value is -3.01. The summed E-state index contributed by atoms with van der Waals surface area (Å²) < 4.78 is 52.0. The molecule has 1 N–H and O–H groups in total. The van der Waals surface area contributed by atoms with Crippen molar-refractivity contribution < 1.29 is 27.1 Å². The lowest BCUT2D eigenvalue weighted by molar-refractivity contribution is -0.114. The summed E-state index contributed by atoms with van der Waals surface area (Å²) in [4.78, 5) is 12.6. The third kappa shape index (κ3) is 5.50. The van der Waals surface area contributed by atoms with Crippen LogP contribution in [0.1, 0.15) is 0 Å². The molecule has 11 heteroatoms. The van der Waals surface area contributed by atoms with Crippen molar-refractivity contribution in [1.29, 1.82) is 0 Å². The number of nitrogens with zero attached hydrogens (tertiary/aromatic N) is 1. The minimum Gasteiger partial charge on any atom is -0.493 e. The van der Waals surface area contributed by atoms with E-state index >= 15 is 0 Å². The smallest absolute Gasteiger partial charge is 0.264 e. The number of benzene rings is 3. The van der Waals surface area contributed by atoms with Crippen LogP contribution in [-0.4, -0.2) is 35.1 Å². The molecule has 0 saturated heterocycles. The quantitative estimate of drug-likeness (QED) is 0.459. The molecule has 3 rings (SSSR count). The van der Waals surface area contributed by atoms with E-state index in [1.54, 1.807) is 24.3 Å². The van der Waals surface area contributed by atoms with Crippen LogP contribution in [0.25, 0.3) is 0 Å². The Morgan fingerprint density at radius 2 is 1.67 bits per heavy atom. The number of amides is 1. The first kappa shape index (κ1) is 24.6. The van der Waals surface area contributed by atoms with Gasteiger partial charge in [0.15, 0.2) is 11.5 Å². The number of sulfonamides is 1. The number of methoxy groups -OCH3 is 2. The second kappa shape index (κ2) is 10.3. The van der Waals surface area contributed by atoms with Gasteiger partial charge in [-0.2, -0.15) is 0 Å². The molecule has 174 valence electrons. The number of hydrogen-bond donors (Lipinski definition) is 1. The van der Waals surface area contributed by atoms with Gasteiger partial charge in [0.2, 0.25) is 5.91 Å². The van der Waals surface area contributed by atoms with Crippen LogP contribution < -0.4 is 19.1 Å². The van der Waals surface area contributed by atoms with E-state index in [4.69, 9.17) is 32.7 Å². The highest BCUT2D eigenvalue weighted by Crippen LogP contribution is 2.33. The Kier molecular flexibility index (Phi) is 7.68. The summed E-state index contributed by atoms with van der Waals surface area (Å²) in [7, 11) is -1.54. The van der Waals surface area contributed by atoms with Gasteiger partial charge in [0.1, 0.15) is 12.4 Å². The fourth-order valence-electron chi connectivity index (χ4n) is 2.94. The second-order valence-electron chi connectivity index (χ2n) is 6.65. The van der Waals surface area contributed by atoms with Gasteiger partial charge in [0, 0.05) is 6.07 Å². The molecule has 33 heavy (non-hydrogen) atoms. The lowest BCUT2D eigenvalue weighted by Gasteiger charge is -2.25. The molecule has 0 radical (unpaired) electrons. The third-order valence-electron chi connectivity index (χ3n) is 4.57. The van der Waals surface area contributed by atoms with Crippen LogP contribution in [0.3, 0.4) is 0 Å². The van der Waals surface area contributed by atoms with E-state index in [2.05, 4.69) is 5.32 Å². The Morgan fingerprint density at radius 3 is 2.30 bits per heavy atom. The number of rotatable bonds is 8. The van der Waals surface area contributed by atoms with Gasteiger partial charge >= 0.3 is 0 Å². The number of anilines is 2. The highest BCUT2D eigenvalue weighted by Gasteiger charge is 2.29. The van der Waals surface area contributed by atoms with Crippen LogP contribution in [-0.2, 0) is 14.8 Å². The van der Waals surface area contributed by atoms with Crippen molar-refractivity contribution in [1.82, 2.24) is 0 Å². The van der Waals surface area contributed by atoms with Crippen molar-refractivity contribution in [3.8, 4) is 11.5 Å². The lowest BCUT2D eigenvalue weighted by atomic mass is 10.3. The number of halogens is 3. The molecule has 1 amide bonds. The largest absolute Gasteiger partial charge is 0.493 e. The van der Waals surface area contributed by atoms with Gasteiger partial charge in [-0.25, -0.2) is 12.8 Å². The molecule has 0 aliphatic carbocycles. The first-order valence-corrected chi connectivity index (χ1v) is 11.6. The molecule has 0 bridgehead atoms. The van der Waals surface area contributed by atoms with Gasteiger partial charge in [-0.05, 0) is 42.5 Å². The maximum absolute atomic E-state index is 13.7. The van der Waals surface area contributed by atoms with Gasteiger partial charge in [-0.3, -0.25) is 9.10 Å². The van der Waals surface area contributed by atoms with Crippen LogP contribution >= 0.6 is 23.2 Å². The lowest BCUT2D eigenvalue weighted by Crippen LogP contribution is -2.38. The van der Waals surface area contributed by atoms with Crippen LogP contribution in [0, 0.1) is 5.82 Å². The van der Waals surface area contributed by atoms with Gasteiger partial charge in [-0.15, -0.1) is 0 Å². The average Bonchev–Trinajstić information content (AvgIpc) is 2.80. The molecule has 0 saturated carbocycles. The summed E-state index contributed by atoms with van der Waals surface area (Å²) in [5.41, 5.74) is 0.301. The zero-order chi connectivity index (χ0) is 24.2. The number of ether oxygens (including phenoxy) is 2. The Balaban J connectivity index is 2.03. The number of carbonyl (C=O) groups is 1. The molecule has 0 aromatic heterocycles. The average molecular weight is 513 g/mol. The Bertz CT molecular complexity index is 1290. The number of hydrogen-bond acceptors (Lipinski definition) is 5. The zero-order valence-electron chi connectivity index (χ0n) is 17.5. The molecule has 3 aromatic rings. The maximum atomic E-state index is 13.7. The van der Waals surface area contributed by atoms with Crippen LogP contribution in [0.15, 0.2) is 65.6 Å². The van der Waals surface area contributed by atoms with Gasteiger partial charge in [0.25, 0.3) is 10.0 Å². The third-order valence-corrected chi connectivity index (χ3v) is 6.96.